The summed E-state index contributed by atoms with van der Waals surface area (Å²) in [5, 5.41) is 5.01. The first-order valence-corrected chi connectivity index (χ1v) is 7.92. The van der Waals surface area contributed by atoms with E-state index >= 15 is 0 Å². The number of benzene rings is 3. The van der Waals surface area contributed by atoms with E-state index in [1.165, 1.54) is 27.1 Å². The highest BCUT2D eigenvalue weighted by Gasteiger charge is 2.21. The predicted octanol–water partition coefficient (Wildman–Crippen LogP) is 6.37. The van der Waals surface area contributed by atoms with Crippen molar-refractivity contribution in [2.45, 2.75) is 39.3 Å². The van der Waals surface area contributed by atoms with Crippen LogP contribution in [-0.2, 0) is 6.42 Å². The SMILES string of the molecule is CC.FC1CCCc2c1ccc1c2ccc2ccccc21. The third-order valence-electron chi connectivity index (χ3n) is 4.30. The van der Waals surface area contributed by atoms with Gasteiger partial charge >= 0.3 is 0 Å². The fourth-order valence-electron chi connectivity index (χ4n) is 3.35. The van der Waals surface area contributed by atoms with Gasteiger partial charge in [0.2, 0.25) is 0 Å². The molecule has 0 nitrogen and oxygen atoms in total. The van der Waals surface area contributed by atoms with Crippen molar-refractivity contribution in [1.29, 1.82) is 0 Å². The Morgan fingerprint density at radius 1 is 0.857 bits per heavy atom. The smallest absolute Gasteiger partial charge is 0.125 e. The average molecular weight is 280 g/mol. The maximum absolute atomic E-state index is 14.0. The van der Waals surface area contributed by atoms with Crippen molar-refractivity contribution in [2.75, 3.05) is 0 Å². The van der Waals surface area contributed by atoms with Crippen LogP contribution in [0.5, 0.6) is 0 Å². The Kier molecular flexibility index (Phi) is 3.92. The van der Waals surface area contributed by atoms with E-state index in [-0.39, 0.29) is 0 Å². The van der Waals surface area contributed by atoms with Crippen LogP contribution in [0.25, 0.3) is 21.5 Å². The zero-order valence-electron chi connectivity index (χ0n) is 12.7. The molecule has 0 saturated carbocycles. The molecule has 1 atom stereocenters. The van der Waals surface area contributed by atoms with Crippen LogP contribution in [0.3, 0.4) is 0 Å². The van der Waals surface area contributed by atoms with Gasteiger partial charge in [-0.1, -0.05) is 62.4 Å². The summed E-state index contributed by atoms with van der Waals surface area (Å²) in [4.78, 5) is 0. The molecule has 0 bridgehead atoms. The second kappa shape index (κ2) is 5.85. The minimum absolute atomic E-state index is 0.673. The Hall–Kier alpha value is -1.89. The quantitative estimate of drug-likeness (QED) is 0.420. The molecule has 1 unspecified atom stereocenters. The summed E-state index contributed by atoms with van der Waals surface area (Å²) in [7, 11) is 0. The minimum Gasteiger partial charge on any atom is -0.242 e. The van der Waals surface area contributed by atoms with Crippen LogP contribution < -0.4 is 0 Å². The Labute approximate surface area is 125 Å². The molecule has 0 N–H and O–H groups in total. The number of aryl methyl sites for hydroxylation is 1. The summed E-state index contributed by atoms with van der Waals surface area (Å²) >= 11 is 0. The van der Waals surface area contributed by atoms with Crippen LogP contribution in [0.2, 0.25) is 0 Å². The molecule has 0 amide bonds. The summed E-state index contributed by atoms with van der Waals surface area (Å²) < 4.78 is 14.0. The van der Waals surface area contributed by atoms with Crippen LogP contribution >= 0.6 is 0 Å². The fourth-order valence-corrected chi connectivity index (χ4v) is 3.35. The Morgan fingerprint density at radius 3 is 2.48 bits per heavy atom. The number of alkyl halides is 1. The average Bonchev–Trinajstić information content (AvgIpc) is 2.56. The van der Waals surface area contributed by atoms with E-state index in [0.29, 0.717) is 6.42 Å². The van der Waals surface area contributed by atoms with Crippen LogP contribution in [-0.4, -0.2) is 0 Å². The predicted molar refractivity (Wildman–Crippen MR) is 89.6 cm³/mol. The third-order valence-corrected chi connectivity index (χ3v) is 4.30. The topological polar surface area (TPSA) is 0 Å². The van der Waals surface area contributed by atoms with Gasteiger partial charge in [-0.3, -0.25) is 0 Å². The van der Waals surface area contributed by atoms with E-state index in [1.807, 2.05) is 19.9 Å². The van der Waals surface area contributed by atoms with E-state index in [2.05, 4.69) is 42.5 Å². The lowest BCUT2D eigenvalue weighted by molar-refractivity contribution is 0.303. The Bertz CT molecular complexity index is 773. The van der Waals surface area contributed by atoms with Crippen LogP contribution in [0.15, 0.2) is 48.5 Å². The van der Waals surface area contributed by atoms with Crippen molar-refractivity contribution < 1.29 is 4.39 Å². The molecule has 4 rings (SSSR count). The first-order chi connectivity index (χ1) is 10.3. The first-order valence-electron chi connectivity index (χ1n) is 7.92. The van der Waals surface area contributed by atoms with Crippen molar-refractivity contribution in [1.82, 2.24) is 0 Å². The highest BCUT2D eigenvalue weighted by atomic mass is 19.1. The first kappa shape index (κ1) is 14.1. The van der Waals surface area contributed by atoms with Gasteiger partial charge in [-0.2, -0.15) is 0 Å². The number of halogens is 1. The Balaban J connectivity index is 0.000000636. The van der Waals surface area contributed by atoms with Crippen LogP contribution in [0, 0.1) is 0 Å². The van der Waals surface area contributed by atoms with Gasteiger partial charge in [0.25, 0.3) is 0 Å². The van der Waals surface area contributed by atoms with Crippen LogP contribution in [0.4, 0.5) is 4.39 Å². The van der Waals surface area contributed by atoms with Gasteiger partial charge in [0.1, 0.15) is 6.17 Å². The molecule has 0 spiro atoms. The van der Waals surface area contributed by atoms with E-state index in [4.69, 9.17) is 0 Å². The molecule has 0 heterocycles. The summed E-state index contributed by atoms with van der Waals surface area (Å²) in [6.07, 6.45) is 1.86. The van der Waals surface area contributed by atoms with Gasteiger partial charge < -0.3 is 0 Å². The second-order valence-electron chi connectivity index (χ2n) is 5.37. The van der Waals surface area contributed by atoms with E-state index < -0.39 is 6.17 Å². The van der Waals surface area contributed by atoms with Gasteiger partial charge in [-0.15, -0.1) is 0 Å². The zero-order chi connectivity index (χ0) is 14.8. The zero-order valence-corrected chi connectivity index (χ0v) is 12.7. The molecule has 1 aliphatic rings. The fraction of sp³-hybridized carbons (Fsp3) is 0.300. The monoisotopic (exact) mass is 280 g/mol. The standard InChI is InChI=1S/C18H15F.C2H6/c19-18-7-3-6-14-16-9-8-12-4-1-2-5-13(12)15(16)10-11-17(14)18;1-2/h1-2,4-5,8-11,18H,3,6-7H2;1-2H3. The molecule has 1 aliphatic carbocycles. The van der Waals surface area contributed by atoms with E-state index in [0.717, 1.165) is 18.4 Å². The molecule has 0 radical (unpaired) electrons. The highest BCUT2D eigenvalue weighted by Crippen LogP contribution is 2.38. The third kappa shape index (κ3) is 2.31. The van der Waals surface area contributed by atoms with Gasteiger partial charge in [-0.25, -0.2) is 4.39 Å². The molecular formula is C20H21F. The van der Waals surface area contributed by atoms with Gasteiger partial charge in [0.05, 0.1) is 0 Å². The molecule has 0 saturated heterocycles. The highest BCUT2D eigenvalue weighted by molar-refractivity contribution is 6.08. The lowest BCUT2D eigenvalue weighted by Crippen LogP contribution is -2.06. The summed E-state index contributed by atoms with van der Waals surface area (Å²) in [6, 6.07) is 16.8. The maximum Gasteiger partial charge on any atom is 0.125 e. The Morgan fingerprint density at radius 2 is 1.62 bits per heavy atom. The van der Waals surface area contributed by atoms with Gasteiger partial charge in [0.15, 0.2) is 0 Å². The summed E-state index contributed by atoms with van der Waals surface area (Å²) in [5.41, 5.74) is 2.14. The normalized spacial score (nSPS) is 17.2. The molecule has 1 heteroatoms. The number of fused-ring (bicyclic) bond motifs is 5. The molecule has 0 aromatic heterocycles. The van der Waals surface area contributed by atoms with E-state index in [1.54, 1.807) is 0 Å². The summed E-state index contributed by atoms with van der Waals surface area (Å²) in [6.45, 7) is 4.00. The molecular weight excluding hydrogens is 259 g/mol. The lowest BCUT2D eigenvalue weighted by atomic mass is 9.85. The molecule has 3 aromatic rings. The molecule has 0 fully saturated rings. The maximum atomic E-state index is 14.0. The molecule has 3 aromatic carbocycles. The van der Waals surface area contributed by atoms with Crippen molar-refractivity contribution in [2.24, 2.45) is 0 Å². The molecule has 21 heavy (non-hydrogen) atoms. The van der Waals surface area contributed by atoms with E-state index in [9.17, 15) is 4.39 Å². The van der Waals surface area contributed by atoms with Crippen molar-refractivity contribution in [3.8, 4) is 0 Å². The molecule has 0 aliphatic heterocycles. The van der Waals surface area contributed by atoms with Crippen LogP contribution in [0.1, 0.15) is 44.0 Å². The lowest BCUT2D eigenvalue weighted by Gasteiger charge is -2.21. The summed E-state index contributed by atoms with van der Waals surface area (Å²) in [5.74, 6) is 0. The largest absolute Gasteiger partial charge is 0.242 e. The van der Waals surface area contributed by atoms with Crippen molar-refractivity contribution >= 4 is 21.5 Å². The minimum atomic E-state index is -0.778. The van der Waals surface area contributed by atoms with Crippen molar-refractivity contribution in [3.63, 3.8) is 0 Å². The van der Waals surface area contributed by atoms with Gasteiger partial charge in [-0.05, 0) is 51.9 Å². The number of rotatable bonds is 0. The van der Waals surface area contributed by atoms with Gasteiger partial charge in [0, 0.05) is 0 Å². The second-order valence-corrected chi connectivity index (χ2v) is 5.37. The number of hydrogen-bond acceptors (Lipinski definition) is 0. The number of hydrogen-bond donors (Lipinski definition) is 0. The van der Waals surface area contributed by atoms with Crippen molar-refractivity contribution in [3.05, 3.63) is 59.7 Å². The molecule has 108 valence electrons.